The standard InChI is InChI=1S/C18H25NO5/c1-12(16(21)19-17(22)23-5)24-15(20)11-8-13-6-9-14(10-7-13)18(2,3)4/h6-7,9-10,12H,8,11H2,1-5H3,(H,19,21,22)/t12-/m0/s1. The van der Waals surface area contributed by atoms with E-state index >= 15 is 0 Å². The number of imide groups is 1. The minimum absolute atomic E-state index is 0.0832. The zero-order valence-electron chi connectivity index (χ0n) is 14.8. The molecular weight excluding hydrogens is 310 g/mol. The number of carbonyl (C=O) groups excluding carboxylic acids is 3. The van der Waals surface area contributed by atoms with E-state index in [0.717, 1.165) is 12.7 Å². The van der Waals surface area contributed by atoms with Crippen LogP contribution < -0.4 is 5.32 Å². The first-order valence-electron chi connectivity index (χ1n) is 7.81. The molecule has 0 aliphatic rings. The van der Waals surface area contributed by atoms with E-state index in [1.165, 1.54) is 12.5 Å². The molecule has 6 nitrogen and oxygen atoms in total. The van der Waals surface area contributed by atoms with Gasteiger partial charge in [-0.3, -0.25) is 14.9 Å². The molecule has 1 rings (SSSR count). The van der Waals surface area contributed by atoms with Crippen molar-refractivity contribution in [2.24, 2.45) is 0 Å². The fraction of sp³-hybridized carbons (Fsp3) is 0.500. The molecule has 1 N–H and O–H groups in total. The Balaban J connectivity index is 2.46. The van der Waals surface area contributed by atoms with E-state index in [1.807, 2.05) is 29.6 Å². The van der Waals surface area contributed by atoms with Gasteiger partial charge in [0.15, 0.2) is 6.10 Å². The predicted molar refractivity (Wildman–Crippen MR) is 89.6 cm³/mol. The van der Waals surface area contributed by atoms with Gasteiger partial charge in [0, 0.05) is 6.42 Å². The highest BCUT2D eigenvalue weighted by Gasteiger charge is 2.20. The van der Waals surface area contributed by atoms with Gasteiger partial charge in [0.2, 0.25) is 0 Å². The van der Waals surface area contributed by atoms with E-state index in [1.54, 1.807) is 0 Å². The molecule has 0 radical (unpaired) electrons. The van der Waals surface area contributed by atoms with Crippen LogP contribution in [0.25, 0.3) is 0 Å². The Kier molecular flexibility index (Phi) is 6.95. The largest absolute Gasteiger partial charge is 0.453 e. The lowest BCUT2D eigenvalue weighted by Gasteiger charge is -2.19. The maximum Gasteiger partial charge on any atom is 0.413 e. The Morgan fingerprint density at radius 1 is 1.12 bits per heavy atom. The van der Waals surface area contributed by atoms with Gasteiger partial charge in [0.1, 0.15) is 0 Å². The van der Waals surface area contributed by atoms with Crippen LogP contribution in [0.4, 0.5) is 4.79 Å². The normalized spacial score (nSPS) is 12.2. The monoisotopic (exact) mass is 335 g/mol. The minimum atomic E-state index is -1.06. The van der Waals surface area contributed by atoms with Gasteiger partial charge >= 0.3 is 12.1 Å². The quantitative estimate of drug-likeness (QED) is 0.837. The van der Waals surface area contributed by atoms with Gasteiger partial charge < -0.3 is 9.47 Å². The van der Waals surface area contributed by atoms with E-state index < -0.39 is 24.1 Å². The SMILES string of the molecule is COC(=O)NC(=O)[C@H](C)OC(=O)CCc1ccc(C(C)(C)C)cc1. The maximum atomic E-state index is 11.8. The van der Waals surface area contributed by atoms with Crippen molar-refractivity contribution < 1.29 is 23.9 Å². The Morgan fingerprint density at radius 2 is 1.71 bits per heavy atom. The molecule has 0 heterocycles. The van der Waals surface area contributed by atoms with Crippen molar-refractivity contribution in [1.82, 2.24) is 5.32 Å². The van der Waals surface area contributed by atoms with Gasteiger partial charge in [-0.2, -0.15) is 0 Å². The second kappa shape index (κ2) is 8.47. The number of nitrogens with one attached hydrogen (secondary N) is 1. The maximum absolute atomic E-state index is 11.8. The Morgan fingerprint density at radius 3 is 2.21 bits per heavy atom. The van der Waals surface area contributed by atoms with E-state index in [0.29, 0.717) is 6.42 Å². The fourth-order valence-electron chi connectivity index (χ4n) is 1.98. The van der Waals surface area contributed by atoms with Crippen LogP contribution in [0.2, 0.25) is 0 Å². The zero-order valence-corrected chi connectivity index (χ0v) is 14.8. The molecule has 0 aromatic heterocycles. The van der Waals surface area contributed by atoms with Gasteiger partial charge in [0.05, 0.1) is 7.11 Å². The van der Waals surface area contributed by atoms with Crippen LogP contribution in [0, 0.1) is 0 Å². The highest BCUT2D eigenvalue weighted by Crippen LogP contribution is 2.22. The molecular formula is C18H25NO5. The molecule has 6 heteroatoms. The number of benzene rings is 1. The van der Waals surface area contributed by atoms with Crippen LogP contribution in [-0.4, -0.2) is 31.2 Å². The molecule has 0 saturated carbocycles. The van der Waals surface area contributed by atoms with E-state index in [9.17, 15) is 14.4 Å². The second-order valence-corrected chi connectivity index (χ2v) is 6.56. The number of aryl methyl sites for hydroxylation is 1. The first-order chi connectivity index (χ1) is 11.1. The summed E-state index contributed by atoms with van der Waals surface area (Å²) in [6, 6.07) is 8.07. The smallest absolute Gasteiger partial charge is 0.413 e. The fourth-order valence-corrected chi connectivity index (χ4v) is 1.98. The van der Waals surface area contributed by atoms with E-state index in [2.05, 4.69) is 25.5 Å². The first-order valence-corrected chi connectivity index (χ1v) is 7.81. The number of rotatable bonds is 5. The number of esters is 1. The second-order valence-electron chi connectivity index (χ2n) is 6.56. The molecule has 0 spiro atoms. The Hall–Kier alpha value is -2.37. The van der Waals surface area contributed by atoms with E-state index in [4.69, 9.17) is 4.74 Å². The molecule has 0 saturated heterocycles. The predicted octanol–water partition coefficient (Wildman–Crippen LogP) is 2.73. The number of carbonyl (C=O) groups is 3. The molecule has 0 aliphatic heterocycles. The topological polar surface area (TPSA) is 81.7 Å². The van der Waals surface area contributed by atoms with Gasteiger partial charge in [-0.15, -0.1) is 0 Å². The lowest BCUT2D eigenvalue weighted by atomic mass is 9.86. The summed E-state index contributed by atoms with van der Waals surface area (Å²) in [5, 5.41) is 1.95. The molecule has 0 bridgehead atoms. The number of alkyl carbamates (subject to hydrolysis) is 1. The molecule has 0 unspecified atom stereocenters. The summed E-state index contributed by atoms with van der Waals surface area (Å²) in [6.07, 6.45) is -1.26. The lowest BCUT2D eigenvalue weighted by Crippen LogP contribution is -2.39. The molecule has 1 atom stereocenters. The number of methoxy groups -OCH3 is 1. The van der Waals surface area contributed by atoms with Crippen molar-refractivity contribution >= 4 is 18.0 Å². The summed E-state index contributed by atoms with van der Waals surface area (Å²) >= 11 is 0. The zero-order chi connectivity index (χ0) is 18.3. The molecule has 2 amide bonds. The molecule has 0 fully saturated rings. The third-order valence-electron chi connectivity index (χ3n) is 3.53. The highest BCUT2D eigenvalue weighted by atomic mass is 16.6. The Labute approximate surface area is 142 Å². The average Bonchev–Trinajstić information content (AvgIpc) is 2.52. The molecule has 1 aromatic carbocycles. The van der Waals surface area contributed by atoms with Crippen molar-refractivity contribution in [3.05, 3.63) is 35.4 Å². The van der Waals surface area contributed by atoms with E-state index in [-0.39, 0.29) is 11.8 Å². The van der Waals surface area contributed by atoms with Crippen LogP contribution >= 0.6 is 0 Å². The summed E-state index contributed by atoms with van der Waals surface area (Å²) in [6.45, 7) is 7.81. The first kappa shape index (κ1) is 19.7. The summed E-state index contributed by atoms with van der Waals surface area (Å²) in [7, 11) is 1.14. The highest BCUT2D eigenvalue weighted by molar-refractivity contribution is 5.94. The summed E-state index contributed by atoms with van der Waals surface area (Å²) in [5.74, 6) is -1.22. The number of amides is 2. The van der Waals surface area contributed by atoms with Crippen molar-refractivity contribution in [1.29, 1.82) is 0 Å². The third-order valence-corrected chi connectivity index (χ3v) is 3.53. The average molecular weight is 335 g/mol. The Bertz CT molecular complexity index is 586. The molecule has 132 valence electrons. The molecule has 1 aromatic rings. The number of hydrogen-bond donors (Lipinski definition) is 1. The van der Waals surface area contributed by atoms with Crippen LogP contribution in [0.1, 0.15) is 45.2 Å². The molecule has 24 heavy (non-hydrogen) atoms. The van der Waals surface area contributed by atoms with Crippen molar-refractivity contribution in [3.63, 3.8) is 0 Å². The van der Waals surface area contributed by atoms with Crippen molar-refractivity contribution in [2.75, 3.05) is 7.11 Å². The van der Waals surface area contributed by atoms with Gasteiger partial charge in [0.25, 0.3) is 5.91 Å². The van der Waals surface area contributed by atoms with Crippen molar-refractivity contribution in [2.45, 2.75) is 52.1 Å². The summed E-state index contributed by atoms with van der Waals surface area (Å²) in [4.78, 5) is 34.3. The van der Waals surface area contributed by atoms with Crippen LogP contribution in [0.3, 0.4) is 0 Å². The number of ether oxygens (including phenoxy) is 2. The van der Waals surface area contributed by atoms with Crippen LogP contribution in [-0.2, 0) is 30.9 Å². The van der Waals surface area contributed by atoms with Crippen molar-refractivity contribution in [3.8, 4) is 0 Å². The summed E-state index contributed by atoms with van der Waals surface area (Å²) in [5.41, 5.74) is 2.33. The molecule has 0 aliphatic carbocycles. The minimum Gasteiger partial charge on any atom is -0.453 e. The van der Waals surface area contributed by atoms with Gasteiger partial charge in [-0.25, -0.2) is 4.79 Å². The van der Waals surface area contributed by atoms with Crippen LogP contribution in [0.5, 0.6) is 0 Å². The lowest BCUT2D eigenvalue weighted by molar-refractivity contribution is -0.154. The van der Waals surface area contributed by atoms with Gasteiger partial charge in [-0.1, -0.05) is 45.0 Å². The van der Waals surface area contributed by atoms with Crippen LogP contribution in [0.15, 0.2) is 24.3 Å². The third kappa shape index (κ3) is 6.40. The van der Waals surface area contributed by atoms with Gasteiger partial charge in [-0.05, 0) is 29.9 Å². The summed E-state index contributed by atoms with van der Waals surface area (Å²) < 4.78 is 9.30. The number of hydrogen-bond acceptors (Lipinski definition) is 5.